The number of fused-ring (bicyclic) bond motifs is 1. The molecule has 5 rings (SSSR count). The summed E-state index contributed by atoms with van der Waals surface area (Å²) in [5, 5.41) is 3.19. The van der Waals surface area contributed by atoms with E-state index >= 15 is 0 Å². The van der Waals surface area contributed by atoms with E-state index in [1.165, 1.54) is 30.2 Å². The number of aryl methyl sites for hydroxylation is 1. The van der Waals surface area contributed by atoms with E-state index in [-0.39, 0.29) is 17.9 Å². The molecule has 3 aromatic rings. The van der Waals surface area contributed by atoms with Crippen LogP contribution in [-0.2, 0) is 11.3 Å². The molecular formula is C31H32N2O2S. The minimum atomic E-state index is -0.0184. The van der Waals surface area contributed by atoms with E-state index < -0.39 is 0 Å². The second kappa shape index (κ2) is 10.8. The molecule has 4 nitrogen and oxygen atoms in total. The predicted molar refractivity (Wildman–Crippen MR) is 148 cm³/mol. The van der Waals surface area contributed by atoms with Gasteiger partial charge in [0.1, 0.15) is 0 Å². The van der Waals surface area contributed by atoms with Gasteiger partial charge in [0.15, 0.2) is 0 Å². The molecular weight excluding hydrogens is 464 g/mol. The molecule has 1 heterocycles. The maximum atomic E-state index is 13.6. The summed E-state index contributed by atoms with van der Waals surface area (Å²) >= 11 is 1.50. The van der Waals surface area contributed by atoms with Crippen molar-refractivity contribution >= 4 is 35.3 Å². The first-order chi connectivity index (χ1) is 17.5. The summed E-state index contributed by atoms with van der Waals surface area (Å²) < 4.78 is 0. The summed E-state index contributed by atoms with van der Waals surface area (Å²) in [7, 11) is 0. The van der Waals surface area contributed by atoms with E-state index in [9.17, 15) is 9.59 Å². The fourth-order valence-electron chi connectivity index (χ4n) is 4.97. The second-order valence-electron chi connectivity index (χ2n) is 10.0. The molecule has 0 aromatic heterocycles. The molecule has 1 saturated carbocycles. The fraction of sp³-hybridized carbons (Fsp3) is 0.290. The predicted octanol–water partition coefficient (Wildman–Crippen LogP) is 6.98. The molecule has 0 saturated heterocycles. The largest absolute Gasteiger partial charge is 0.349 e. The Labute approximate surface area is 217 Å². The van der Waals surface area contributed by atoms with Crippen molar-refractivity contribution in [1.29, 1.82) is 0 Å². The molecule has 1 fully saturated rings. The highest BCUT2D eigenvalue weighted by Gasteiger charge is 2.29. The van der Waals surface area contributed by atoms with Gasteiger partial charge in [0.2, 0.25) is 0 Å². The minimum Gasteiger partial charge on any atom is -0.349 e. The number of amides is 2. The Balaban J connectivity index is 1.34. The van der Waals surface area contributed by atoms with Crippen molar-refractivity contribution in [2.24, 2.45) is 5.92 Å². The Bertz CT molecular complexity index is 1290. The van der Waals surface area contributed by atoms with E-state index in [2.05, 4.69) is 43.4 Å². The van der Waals surface area contributed by atoms with Crippen LogP contribution in [0, 0.1) is 12.8 Å². The van der Waals surface area contributed by atoms with Gasteiger partial charge in [0, 0.05) is 16.5 Å². The van der Waals surface area contributed by atoms with Crippen LogP contribution in [0.1, 0.15) is 59.7 Å². The molecule has 0 bridgehead atoms. The maximum Gasteiger partial charge on any atom is 0.265 e. The van der Waals surface area contributed by atoms with Gasteiger partial charge in [-0.25, -0.2) is 0 Å². The first kappa shape index (κ1) is 24.4. The molecule has 0 unspecified atom stereocenters. The molecule has 184 valence electrons. The van der Waals surface area contributed by atoms with E-state index in [1.807, 2.05) is 59.5 Å². The van der Waals surface area contributed by atoms with Crippen molar-refractivity contribution in [2.45, 2.75) is 57.0 Å². The summed E-state index contributed by atoms with van der Waals surface area (Å²) in [4.78, 5) is 29.9. The summed E-state index contributed by atoms with van der Waals surface area (Å²) in [6.45, 7) is 4.87. The fourth-order valence-corrected chi connectivity index (χ4v) is 6.03. The first-order valence-corrected chi connectivity index (χ1v) is 13.5. The number of hydrogen-bond donors (Lipinski definition) is 1. The van der Waals surface area contributed by atoms with Crippen molar-refractivity contribution in [3.8, 4) is 0 Å². The quantitative estimate of drug-likeness (QED) is 0.388. The van der Waals surface area contributed by atoms with Crippen LogP contribution in [0.3, 0.4) is 0 Å². The average Bonchev–Trinajstić information content (AvgIpc) is 2.88. The second-order valence-corrected chi connectivity index (χ2v) is 11.1. The van der Waals surface area contributed by atoms with Gasteiger partial charge in [-0.1, -0.05) is 72.8 Å². The lowest BCUT2D eigenvalue weighted by Gasteiger charge is -2.30. The molecule has 0 radical (unpaired) electrons. The van der Waals surface area contributed by atoms with Gasteiger partial charge in [-0.05, 0) is 80.0 Å². The van der Waals surface area contributed by atoms with Gasteiger partial charge in [0.05, 0.1) is 17.1 Å². The summed E-state index contributed by atoms with van der Waals surface area (Å²) in [6, 6.07) is 24.1. The third-order valence-electron chi connectivity index (χ3n) is 7.08. The lowest BCUT2D eigenvalue weighted by atomic mass is 9.87. The molecule has 5 heteroatoms. The highest BCUT2D eigenvalue weighted by molar-refractivity contribution is 8.04. The molecule has 2 amide bonds. The Morgan fingerprint density at radius 1 is 1.00 bits per heavy atom. The number of thioether (sulfide) groups is 1. The van der Waals surface area contributed by atoms with Crippen LogP contribution in [0.2, 0.25) is 0 Å². The highest BCUT2D eigenvalue weighted by Crippen LogP contribution is 2.42. The van der Waals surface area contributed by atoms with Crippen LogP contribution in [0.15, 0.2) is 82.6 Å². The number of para-hydroxylation sites is 1. The smallest absolute Gasteiger partial charge is 0.265 e. The van der Waals surface area contributed by atoms with E-state index in [0.29, 0.717) is 17.0 Å². The molecule has 36 heavy (non-hydrogen) atoms. The monoisotopic (exact) mass is 496 g/mol. The number of nitrogens with one attached hydrogen (secondary N) is 1. The number of anilines is 1. The third-order valence-corrected chi connectivity index (χ3v) is 8.15. The summed E-state index contributed by atoms with van der Waals surface area (Å²) in [5.41, 5.74) is 4.79. The molecule has 1 aliphatic heterocycles. The van der Waals surface area contributed by atoms with Gasteiger partial charge in [-0.15, -0.1) is 0 Å². The lowest BCUT2D eigenvalue weighted by Crippen LogP contribution is -2.37. The number of rotatable bonds is 5. The number of hydrogen-bond acceptors (Lipinski definition) is 3. The maximum absolute atomic E-state index is 13.6. The van der Waals surface area contributed by atoms with Gasteiger partial charge in [-0.3, -0.25) is 9.59 Å². The van der Waals surface area contributed by atoms with Gasteiger partial charge >= 0.3 is 0 Å². The molecule has 1 N–H and O–H groups in total. The van der Waals surface area contributed by atoms with Gasteiger partial charge in [0.25, 0.3) is 11.8 Å². The zero-order valence-corrected chi connectivity index (χ0v) is 21.7. The van der Waals surface area contributed by atoms with E-state index in [1.54, 1.807) is 0 Å². The van der Waals surface area contributed by atoms with Crippen molar-refractivity contribution in [3.05, 3.63) is 100.0 Å². The van der Waals surface area contributed by atoms with Crippen molar-refractivity contribution in [3.63, 3.8) is 0 Å². The molecule has 0 spiro atoms. The molecule has 3 aromatic carbocycles. The first-order valence-electron chi connectivity index (χ1n) is 12.7. The number of benzene rings is 3. The van der Waals surface area contributed by atoms with Crippen LogP contribution in [0.5, 0.6) is 0 Å². The number of carbonyl (C=O) groups is 2. The van der Waals surface area contributed by atoms with E-state index in [0.717, 1.165) is 40.5 Å². The van der Waals surface area contributed by atoms with Crippen molar-refractivity contribution < 1.29 is 9.59 Å². The van der Waals surface area contributed by atoms with Gasteiger partial charge in [-0.2, -0.15) is 0 Å². The van der Waals surface area contributed by atoms with Gasteiger partial charge < -0.3 is 10.2 Å². The van der Waals surface area contributed by atoms with Crippen molar-refractivity contribution in [2.75, 3.05) is 4.90 Å². The molecule has 0 atom stereocenters. The lowest BCUT2D eigenvalue weighted by molar-refractivity contribution is -0.114. The van der Waals surface area contributed by atoms with Crippen LogP contribution in [-0.4, -0.2) is 17.9 Å². The SMILES string of the molecule is Cc1cccc(CN2C(=O)C(=Cc3ccc(C(=O)NC4CCC(C)CC4)cc3)Sc3ccccc32)c1. The molecule has 2 aliphatic rings. The third kappa shape index (κ3) is 5.57. The Morgan fingerprint density at radius 2 is 1.75 bits per heavy atom. The van der Waals surface area contributed by atoms with Crippen LogP contribution >= 0.6 is 11.8 Å². The van der Waals surface area contributed by atoms with Crippen molar-refractivity contribution in [1.82, 2.24) is 5.32 Å². The van der Waals surface area contributed by atoms with E-state index in [4.69, 9.17) is 0 Å². The number of nitrogens with zero attached hydrogens (tertiary/aromatic N) is 1. The zero-order chi connectivity index (χ0) is 25.1. The normalized spacial score (nSPS) is 20.8. The number of carbonyl (C=O) groups excluding carboxylic acids is 2. The highest BCUT2D eigenvalue weighted by atomic mass is 32.2. The zero-order valence-electron chi connectivity index (χ0n) is 20.9. The Kier molecular flexibility index (Phi) is 7.28. The van der Waals surface area contributed by atoms with Crippen LogP contribution in [0.25, 0.3) is 6.08 Å². The topological polar surface area (TPSA) is 49.4 Å². The minimum absolute atomic E-state index is 0.00597. The van der Waals surface area contributed by atoms with Crippen LogP contribution in [0.4, 0.5) is 5.69 Å². The molecule has 1 aliphatic carbocycles. The Hall–Kier alpha value is -3.31. The summed E-state index contributed by atoms with van der Waals surface area (Å²) in [6.07, 6.45) is 6.38. The van der Waals surface area contributed by atoms with Crippen LogP contribution < -0.4 is 10.2 Å². The Morgan fingerprint density at radius 3 is 2.50 bits per heavy atom. The average molecular weight is 497 g/mol. The summed E-state index contributed by atoms with van der Waals surface area (Å²) in [5.74, 6) is 0.731. The standard InChI is InChI=1S/C31H32N2O2S/c1-21-10-16-26(17-11-21)32-30(34)25-14-12-23(13-15-25)19-29-31(35)33(20-24-7-5-6-22(2)18-24)27-8-3-4-9-28(27)36-29/h3-9,12-15,18-19,21,26H,10-11,16-17,20H2,1-2H3,(H,32,34).